The molecule has 0 amide bonds. The SMILES string of the molecule is c1ccc(-c2nc3c(s2)NCCC3)cc1. The molecular formula is C12H12N2S. The van der Waals surface area contributed by atoms with Crippen LogP contribution in [0.15, 0.2) is 30.3 Å². The fourth-order valence-electron chi connectivity index (χ4n) is 1.82. The number of aryl methyl sites for hydroxylation is 1. The highest BCUT2D eigenvalue weighted by Gasteiger charge is 2.14. The number of hydrogen-bond donors (Lipinski definition) is 1. The van der Waals surface area contributed by atoms with Crippen molar-refractivity contribution in [3.05, 3.63) is 36.0 Å². The number of rotatable bonds is 1. The van der Waals surface area contributed by atoms with Crippen molar-refractivity contribution in [2.45, 2.75) is 12.8 Å². The van der Waals surface area contributed by atoms with E-state index < -0.39 is 0 Å². The van der Waals surface area contributed by atoms with Gasteiger partial charge in [-0.15, -0.1) is 0 Å². The van der Waals surface area contributed by atoms with Gasteiger partial charge in [-0.1, -0.05) is 41.7 Å². The Morgan fingerprint density at radius 2 is 2.07 bits per heavy atom. The van der Waals surface area contributed by atoms with Crippen molar-refractivity contribution in [2.24, 2.45) is 0 Å². The van der Waals surface area contributed by atoms with Gasteiger partial charge < -0.3 is 5.32 Å². The van der Waals surface area contributed by atoms with Crippen molar-refractivity contribution in [1.29, 1.82) is 0 Å². The van der Waals surface area contributed by atoms with Crippen LogP contribution in [-0.2, 0) is 6.42 Å². The smallest absolute Gasteiger partial charge is 0.125 e. The van der Waals surface area contributed by atoms with Crippen LogP contribution in [0.3, 0.4) is 0 Å². The molecule has 0 aliphatic carbocycles. The summed E-state index contributed by atoms with van der Waals surface area (Å²) in [5.74, 6) is 0. The van der Waals surface area contributed by atoms with E-state index >= 15 is 0 Å². The molecule has 3 heteroatoms. The molecule has 0 saturated heterocycles. The predicted molar refractivity (Wildman–Crippen MR) is 64.4 cm³/mol. The molecule has 2 aromatic rings. The molecular weight excluding hydrogens is 204 g/mol. The first-order chi connectivity index (χ1) is 7.43. The molecule has 1 N–H and O–H groups in total. The van der Waals surface area contributed by atoms with Gasteiger partial charge in [0.25, 0.3) is 0 Å². The Bertz CT molecular complexity index is 438. The van der Waals surface area contributed by atoms with Gasteiger partial charge in [0.15, 0.2) is 0 Å². The quantitative estimate of drug-likeness (QED) is 0.792. The summed E-state index contributed by atoms with van der Waals surface area (Å²) in [7, 11) is 0. The second-order valence-electron chi connectivity index (χ2n) is 3.69. The van der Waals surface area contributed by atoms with Crippen LogP contribution in [0.5, 0.6) is 0 Å². The molecule has 0 spiro atoms. The molecule has 0 unspecified atom stereocenters. The fraction of sp³-hybridized carbons (Fsp3) is 0.250. The molecule has 0 fully saturated rings. The van der Waals surface area contributed by atoms with Gasteiger partial charge in [-0.2, -0.15) is 0 Å². The molecule has 1 aromatic carbocycles. The average Bonchev–Trinajstić information content (AvgIpc) is 2.74. The van der Waals surface area contributed by atoms with Crippen molar-refractivity contribution >= 4 is 16.3 Å². The fourth-order valence-corrected chi connectivity index (χ4v) is 2.86. The van der Waals surface area contributed by atoms with Crippen LogP contribution in [0.1, 0.15) is 12.1 Å². The number of benzene rings is 1. The maximum Gasteiger partial charge on any atom is 0.125 e. The van der Waals surface area contributed by atoms with Crippen molar-refractivity contribution < 1.29 is 0 Å². The van der Waals surface area contributed by atoms with Gasteiger partial charge in [0.2, 0.25) is 0 Å². The molecule has 0 bridgehead atoms. The second-order valence-corrected chi connectivity index (χ2v) is 4.69. The third-order valence-electron chi connectivity index (χ3n) is 2.59. The Morgan fingerprint density at radius 3 is 2.87 bits per heavy atom. The van der Waals surface area contributed by atoms with Gasteiger partial charge in [0, 0.05) is 12.1 Å². The summed E-state index contributed by atoms with van der Waals surface area (Å²) in [4.78, 5) is 4.68. The Hall–Kier alpha value is -1.35. The van der Waals surface area contributed by atoms with Crippen LogP contribution < -0.4 is 5.32 Å². The standard InChI is InChI=1S/C12H12N2S/c1-2-5-9(6-3-1)11-14-10-7-4-8-13-12(10)15-11/h1-3,5-6,13H,4,7-8H2. The zero-order valence-electron chi connectivity index (χ0n) is 8.36. The summed E-state index contributed by atoms with van der Waals surface area (Å²) < 4.78 is 0. The van der Waals surface area contributed by atoms with Crippen LogP contribution in [0.25, 0.3) is 10.6 Å². The van der Waals surface area contributed by atoms with E-state index in [1.165, 1.54) is 22.7 Å². The van der Waals surface area contributed by atoms with Crippen molar-refractivity contribution in [3.8, 4) is 10.6 Å². The lowest BCUT2D eigenvalue weighted by Gasteiger charge is -2.10. The Kier molecular flexibility index (Phi) is 2.18. The molecule has 0 atom stereocenters. The lowest BCUT2D eigenvalue weighted by Crippen LogP contribution is -2.09. The molecule has 2 nitrogen and oxygen atoms in total. The largest absolute Gasteiger partial charge is 0.375 e. The van der Waals surface area contributed by atoms with Crippen LogP contribution in [0.2, 0.25) is 0 Å². The van der Waals surface area contributed by atoms with E-state index in [2.05, 4.69) is 34.6 Å². The van der Waals surface area contributed by atoms with Crippen LogP contribution in [0, 0.1) is 0 Å². The van der Waals surface area contributed by atoms with E-state index in [4.69, 9.17) is 0 Å². The Morgan fingerprint density at radius 1 is 1.20 bits per heavy atom. The third-order valence-corrected chi connectivity index (χ3v) is 3.70. The zero-order chi connectivity index (χ0) is 10.1. The van der Waals surface area contributed by atoms with E-state index in [-0.39, 0.29) is 0 Å². The minimum Gasteiger partial charge on any atom is -0.375 e. The maximum atomic E-state index is 4.68. The molecule has 1 aromatic heterocycles. The number of thiazole rings is 1. The molecule has 3 rings (SSSR count). The molecule has 1 aliphatic heterocycles. The first-order valence-electron chi connectivity index (χ1n) is 5.22. The molecule has 0 radical (unpaired) electrons. The molecule has 2 heterocycles. The summed E-state index contributed by atoms with van der Waals surface area (Å²) in [6.45, 7) is 1.09. The van der Waals surface area contributed by atoms with Gasteiger partial charge in [-0.3, -0.25) is 0 Å². The predicted octanol–water partition coefficient (Wildman–Crippen LogP) is 3.17. The monoisotopic (exact) mass is 216 g/mol. The van der Waals surface area contributed by atoms with Crippen molar-refractivity contribution in [1.82, 2.24) is 4.98 Å². The number of fused-ring (bicyclic) bond motifs is 1. The first kappa shape index (κ1) is 8.92. The Balaban J connectivity index is 2.03. The first-order valence-corrected chi connectivity index (χ1v) is 6.04. The van der Waals surface area contributed by atoms with E-state index in [0.29, 0.717) is 0 Å². The highest BCUT2D eigenvalue weighted by Crippen LogP contribution is 2.34. The Labute approximate surface area is 93.0 Å². The average molecular weight is 216 g/mol. The number of aromatic nitrogens is 1. The van der Waals surface area contributed by atoms with Gasteiger partial charge in [0.1, 0.15) is 10.0 Å². The van der Waals surface area contributed by atoms with Gasteiger partial charge in [-0.25, -0.2) is 4.98 Å². The van der Waals surface area contributed by atoms with E-state index in [1.54, 1.807) is 11.3 Å². The topological polar surface area (TPSA) is 24.9 Å². The highest BCUT2D eigenvalue weighted by atomic mass is 32.1. The number of anilines is 1. The van der Waals surface area contributed by atoms with E-state index in [1.807, 2.05) is 6.07 Å². The number of hydrogen-bond acceptors (Lipinski definition) is 3. The van der Waals surface area contributed by atoms with Crippen LogP contribution >= 0.6 is 11.3 Å². The normalized spacial score (nSPS) is 14.4. The lowest BCUT2D eigenvalue weighted by molar-refractivity contribution is 0.814. The van der Waals surface area contributed by atoms with Crippen LogP contribution in [-0.4, -0.2) is 11.5 Å². The van der Waals surface area contributed by atoms with Gasteiger partial charge in [0.05, 0.1) is 5.69 Å². The van der Waals surface area contributed by atoms with E-state index in [0.717, 1.165) is 18.0 Å². The number of nitrogens with zero attached hydrogens (tertiary/aromatic N) is 1. The van der Waals surface area contributed by atoms with Crippen LogP contribution in [0.4, 0.5) is 5.00 Å². The summed E-state index contributed by atoms with van der Waals surface area (Å²) in [6.07, 6.45) is 2.32. The second kappa shape index (κ2) is 3.66. The van der Waals surface area contributed by atoms with Crippen molar-refractivity contribution in [2.75, 3.05) is 11.9 Å². The minimum atomic E-state index is 1.09. The summed E-state index contributed by atoms with van der Waals surface area (Å²) in [6, 6.07) is 10.4. The summed E-state index contributed by atoms with van der Waals surface area (Å²) in [5.41, 5.74) is 2.46. The molecule has 15 heavy (non-hydrogen) atoms. The lowest BCUT2D eigenvalue weighted by atomic mass is 10.2. The van der Waals surface area contributed by atoms with Gasteiger partial charge in [-0.05, 0) is 12.8 Å². The third kappa shape index (κ3) is 1.63. The van der Waals surface area contributed by atoms with Gasteiger partial charge >= 0.3 is 0 Å². The zero-order valence-corrected chi connectivity index (χ0v) is 9.18. The molecule has 76 valence electrons. The van der Waals surface area contributed by atoms with E-state index in [9.17, 15) is 0 Å². The summed E-state index contributed by atoms with van der Waals surface area (Å²) in [5, 5.41) is 5.81. The molecule has 0 saturated carbocycles. The minimum absolute atomic E-state index is 1.09. The summed E-state index contributed by atoms with van der Waals surface area (Å²) >= 11 is 1.77. The van der Waals surface area contributed by atoms with Crippen molar-refractivity contribution in [3.63, 3.8) is 0 Å². The number of nitrogens with one attached hydrogen (secondary N) is 1. The highest BCUT2D eigenvalue weighted by molar-refractivity contribution is 7.19. The maximum absolute atomic E-state index is 4.68. The molecule has 1 aliphatic rings.